The molecule has 3 rings (SSSR count). The van der Waals surface area contributed by atoms with E-state index in [2.05, 4.69) is 5.32 Å². The van der Waals surface area contributed by atoms with E-state index < -0.39 is 17.2 Å². The number of benzene rings is 2. The zero-order chi connectivity index (χ0) is 14.9. The molecule has 0 bridgehead atoms. The highest BCUT2D eigenvalue weighted by Gasteiger charge is 2.41. The molecule has 1 saturated heterocycles. The minimum atomic E-state index is -1.44. The zero-order valence-electron chi connectivity index (χ0n) is 11.5. The van der Waals surface area contributed by atoms with Gasteiger partial charge in [0.15, 0.2) is 0 Å². The number of halogens is 2. The van der Waals surface area contributed by atoms with Gasteiger partial charge in [-0.25, -0.2) is 8.78 Å². The molecule has 1 heterocycles. The van der Waals surface area contributed by atoms with Gasteiger partial charge in [-0.1, -0.05) is 24.3 Å². The lowest BCUT2D eigenvalue weighted by atomic mass is 9.79. The van der Waals surface area contributed by atoms with Gasteiger partial charge in [0, 0.05) is 6.04 Å². The number of nitrogens with one attached hydrogen (secondary N) is 1. The molecule has 4 heteroatoms. The lowest BCUT2D eigenvalue weighted by Crippen LogP contribution is -2.46. The Balaban J connectivity index is 2.15. The molecule has 0 spiro atoms. The predicted octanol–water partition coefficient (Wildman–Crippen LogP) is 2.95. The molecule has 2 nitrogen and oxygen atoms in total. The highest BCUT2D eigenvalue weighted by atomic mass is 19.1. The van der Waals surface area contributed by atoms with E-state index in [0.717, 1.165) is 19.4 Å². The van der Waals surface area contributed by atoms with Crippen LogP contribution >= 0.6 is 0 Å². The third kappa shape index (κ3) is 2.57. The molecule has 1 aliphatic heterocycles. The van der Waals surface area contributed by atoms with E-state index in [1.807, 2.05) is 0 Å². The average Bonchev–Trinajstić information content (AvgIpc) is 3.01. The number of rotatable bonds is 3. The SMILES string of the molecule is OC(c1cccc(F)c1)(c1cccc(F)c1)[C@H]1CCCN1. The Morgan fingerprint density at radius 2 is 1.57 bits per heavy atom. The van der Waals surface area contributed by atoms with Gasteiger partial charge in [0.25, 0.3) is 0 Å². The highest BCUT2D eigenvalue weighted by Crippen LogP contribution is 2.37. The number of hydrogen-bond donors (Lipinski definition) is 2. The van der Waals surface area contributed by atoms with Crippen molar-refractivity contribution >= 4 is 0 Å². The van der Waals surface area contributed by atoms with Crippen LogP contribution in [0.3, 0.4) is 0 Å². The highest BCUT2D eigenvalue weighted by molar-refractivity contribution is 5.39. The Hall–Kier alpha value is -1.78. The Morgan fingerprint density at radius 1 is 1.00 bits per heavy atom. The van der Waals surface area contributed by atoms with Gasteiger partial charge < -0.3 is 10.4 Å². The molecular formula is C17H17F2NO. The molecule has 110 valence electrons. The molecule has 1 aliphatic rings. The lowest BCUT2D eigenvalue weighted by molar-refractivity contribution is 0.0436. The number of aliphatic hydroxyl groups is 1. The standard InChI is InChI=1S/C17H17F2NO/c18-14-6-1-4-12(10-14)17(21,16-8-3-9-20-16)13-5-2-7-15(19)11-13/h1-2,4-7,10-11,16,20-21H,3,8-9H2/t16-/m1/s1. The van der Waals surface area contributed by atoms with Gasteiger partial charge in [-0.15, -0.1) is 0 Å². The topological polar surface area (TPSA) is 32.3 Å². The predicted molar refractivity (Wildman–Crippen MR) is 76.8 cm³/mol. The van der Waals surface area contributed by atoms with E-state index in [1.54, 1.807) is 24.3 Å². The summed E-state index contributed by atoms with van der Waals surface area (Å²) in [5.41, 5.74) is -0.569. The van der Waals surface area contributed by atoms with Gasteiger partial charge in [0.05, 0.1) is 0 Å². The fraction of sp³-hybridized carbons (Fsp3) is 0.294. The fourth-order valence-corrected chi connectivity index (χ4v) is 3.06. The van der Waals surface area contributed by atoms with Crippen LogP contribution in [-0.2, 0) is 5.60 Å². The molecule has 2 aromatic rings. The Labute approximate surface area is 122 Å². The summed E-state index contributed by atoms with van der Waals surface area (Å²) < 4.78 is 27.1. The van der Waals surface area contributed by atoms with Crippen molar-refractivity contribution in [2.75, 3.05) is 6.54 Å². The lowest BCUT2D eigenvalue weighted by Gasteiger charge is -2.35. The van der Waals surface area contributed by atoms with Crippen molar-refractivity contribution in [2.24, 2.45) is 0 Å². The van der Waals surface area contributed by atoms with Crippen molar-refractivity contribution in [1.82, 2.24) is 5.32 Å². The van der Waals surface area contributed by atoms with E-state index in [-0.39, 0.29) is 6.04 Å². The summed E-state index contributed by atoms with van der Waals surface area (Å²) in [5, 5.41) is 14.5. The van der Waals surface area contributed by atoms with Gasteiger partial charge in [0.2, 0.25) is 0 Å². The zero-order valence-corrected chi connectivity index (χ0v) is 11.5. The summed E-state index contributed by atoms with van der Waals surface area (Å²) in [6.07, 6.45) is 1.68. The van der Waals surface area contributed by atoms with Crippen molar-refractivity contribution in [3.63, 3.8) is 0 Å². The Bertz CT molecular complexity index is 593. The van der Waals surface area contributed by atoms with Crippen LogP contribution in [0.4, 0.5) is 8.78 Å². The normalized spacial score (nSPS) is 18.9. The van der Waals surface area contributed by atoms with E-state index in [1.165, 1.54) is 24.3 Å². The van der Waals surface area contributed by atoms with Crippen LogP contribution in [0, 0.1) is 11.6 Å². The second-order valence-electron chi connectivity index (χ2n) is 5.44. The van der Waals surface area contributed by atoms with Gasteiger partial charge in [-0.2, -0.15) is 0 Å². The second-order valence-corrected chi connectivity index (χ2v) is 5.44. The summed E-state index contributed by atoms with van der Waals surface area (Å²) in [5.74, 6) is -0.833. The first-order valence-electron chi connectivity index (χ1n) is 7.08. The smallest absolute Gasteiger partial charge is 0.130 e. The molecule has 1 atom stereocenters. The first kappa shape index (κ1) is 14.2. The molecule has 0 amide bonds. The monoisotopic (exact) mass is 289 g/mol. The van der Waals surface area contributed by atoms with Crippen LogP contribution < -0.4 is 5.32 Å². The molecule has 0 aromatic heterocycles. The van der Waals surface area contributed by atoms with E-state index in [0.29, 0.717) is 11.1 Å². The quantitative estimate of drug-likeness (QED) is 0.910. The van der Waals surface area contributed by atoms with Gasteiger partial charge in [0.1, 0.15) is 17.2 Å². The van der Waals surface area contributed by atoms with Gasteiger partial charge >= 0.3 is 0 Å². The molecule has 2 aromatic carbocycles. The summed E-state index contributed by atoms with van der Waals surface area (Å²) >= 11 is 0. The molecule has 0 radical (unpaired) electrons. The maximum absolute atomic E-state index is 13.6. The maximum atomic E-state index is 13.6. The summed E-state index contributed by atoms with van der Waals surface area (Å²) in [4.78, 5) is 0. The fourth-order valence-electron chi connectivity index (χ4n) is 3.06. The minimum Gasteiger partial charge on any atom is -0.379 e. The molecule has 0 aliphatic carbocycles. The van der Waals surface area contributed by atoms with Crippen LogP contribution in [0.2, 0.25) is 0 Å². The summed E-state index contributed by atoms with van der Waals surface area (Å²) in [6, 6.07) is 11.5. The molecular weight excluding hydrogens is 272 g/mol. The van der Waals surface area contributed by atoms with E-state index in [4.69, 9.17) is 0 Å². The minimum absolute atomic E-state index is 0.263. The van der Waals surface area contributed by atoms with Crippen LogP contribution in [0.5, 0.6) is 0 Å². The van der Waals surface area contributed by atoms with E-state index >= 15 is 0 Å². The third-order valence-electron chi connectivity index (χ3n) is 4.09. The molecule has 0 unspecified atom stereocenters. The first-order chi connectivity index (χ1) is 10.1. The van der Waals surface area contributed by atoms with Crippen molar-refractivity contribution in [3.8, 4) is 0 Å². The maximum Gasteiger partial charge on any atom is 0.130 e. The molecule has 0 saturated carbocycles. The van der Waals surface area contributed by atoms with Crippen LogP contribution in [-0.4, -0.2) is 17.7 Å². The largest absolute Gasteiger partial charge is 0.379 e. The first-order valence-corrected chi connectivity index (χ1v) is 7.08. The van der Waals surface area contributed by atoms with Crippen molar-refractivity contribution in [3.05, 3.63) is 71.3 Å². The van der Waals surface area contributed by atoms with Crippen LogP contribution in [0.25, 0.3) is 0 Å². The van der Waals surface area contributed by atoms with Crippen LogP contribution in [0.1, 0.15) is 24.0 Å². The third-order valence-corrected chi connectivity index (χ3v) is 4.09. The second kappa shape index (κ2) is 5.54. The Kier molecular flexibility index (Phi) is 3.74. The summed E-state index contributed by atoms with van der Waals surface area (Å²) in [6.45, 7) is 0.789. The number of hydrogen-bond acceptors (Lipinski definition) is 2. The summed E-state index contributed by atoms with van der Waals surface area (Å²) in [7, 11) is 0. The molecule has 21 heavy (non-hydrogen) atoms. The van der Waals surface area contributed by atoms with Crippen molar-refractivity contribution < 1.29 is 13.9 Å². The van der Waals surface area contributed by atoms with Crippen LogP contribution in [0.15, 0.2) is 48.5 Å². The van der Waals surface area contributed by atoms with Gasteiger partial charge in [-0.3, -0.25) is 0 Å². The molecule has 2 N–H and O–H groups in total. The molecule has 1 fully saturated rings. The van der Waals surface area contributed by atoms with Crippen molar-refractivity contribution in [2.45, 2.75) is 24.5 Å². The van der Waals surface area contributed by atoms with E-state index in [9.17, 15) is 13.9 Å². The Morgan fingerprint density at radius 3 is 2.00 bits per heavy atom. The van der Waals surface area contributed by atoms with Gasteiger partial charge in [-0.05, 0) is 54.8 Å². The van der Waals surface area contributed by atoms with Crippen molar-refractivity contribution in [1.29, 1.82) is 0 Å². The average molecular weight is 289 g/mol.